The van der Waals surface area contributed by atoms with Crippen molar-refractivity contribution < 1.29 is 0 Å². The quantitative estimate of drug-likeness (QED) is 0.830. The molecule has 17 heavy (non-hydrogen) atoms. The van der Waals surface area contributed by atoms with Crippen molar-refractivity contribution in [1.82, 2.24) is 9.97 Å². The van der Waals surface area contributed by atoms with E-state index in [-0.39, 0.29) is 11.6 Å². The Labute approximate surface area is 103 Å². The number of likely N-dealkylation sites (N-methyl/N-ethyl adjacent to an activating group) is 1. The highest BCUT2D eigenvalue weighted by Crippen LogP contribution is 2.17. The second kappa shape index (κ2) is 5.31. The van der Waals surface area contributed by atoms with Gasteiger partial charge in [-0.3, -0.25) is 0 Å². The van der Waals surface area contributed by atoms with E-state index in [9.17, 15) is 0 Å². The van der Waals surface area contributed by atoms with E-state index in [1.54, 1.807) is 6.33 Å². The molecule has 1 aromatic heterocycles. The third kappa shape index (κ3) is 4.19. The van der Waals surface area contributed by atoms with Crippen LogP contribution in [0.15, 0.2) is 12.4 Å². The Morgan fingerprint density at radius 3 is 2.59 bits per heavy atom. The Balaban J connectivity index is 2.86. The van der Waals surface area contributed by atoms with Crippen LogP contribution in [0.25, 0.3) is 0 Å². The molecule has 0 aliphatic rings. The van der Waals surface area contributed by atoms with Crippen molar-refractivity contribution >= 4 is 11.6 Å². The van der Waals surface area contributed by atoms with Crippen LogP contribution in [0.1, 0.15) is 27.7 Å². The number of aromatic nitrogens is 2. The Morgan fingerprint density at radius 1 is 1.41 bits per heavy atom. The van der Waals surface area contributed by atoms with E-state index in [1.807, 2.05) is 13.1 Å². The molecule has 5 nitrogen and oxygen atoms in total. The van der Waals surface area contributed by atoms with Gasteiger partial charge >= 0.3 is 0 Å². The molecule has 0 fully saturated rings. The molecular formula is C12H23N5. The topological polar surface area (TPSA) is 67.1 Å². The molecule has 0 aromatic carbocycles. The summed E-state index contributed by atoms with van der Waals surface area (Å²) < 4.78 is 0. The molecular weight excluding hydrogens is 214 g/mol. The van der Waals surface area contributed by atoms with Gasteiger partial charge in [0.05, 0.1) is 0 Å². The normalized spacial score (nSPS) is 13.3. The van der Waals surface area contributed by atoms with Gasteiger partial charge in [-0.15, -0.1) is 0 Å². The molecule has 1 rings (SSSR count). The summed E-state index contributed by atoms with van der Waals surface area (Å²) in [5.74, 6) is 1.71. The third-order valence-corrected chi connectivity index (χ3v) is 2.52. The Kier molecular flexibility index (Phi) is 4.28. The van der Waals surface area contributed by atoms with Crippen molar-refractivity contribution in [3.05, 3.63) is 12.4 Å². The average molecular weight is 237 g/mol. The van der Waals surface area contributed by atoms with E-state index < -0.39 is 0 Å². The minimum Gasteiger partial charge on any atom is -0.365 e. The smallest absolute Gasteiger partial charge is 0.134 e. The number of hydrogen-bond acceptors (Lipinski definition) is 5. The lowest BCUT2D eigenvalue weighted by atomic mass is 10.1. The van der Waals surface area contributed by atoms with Crippen molar-refractivity contribution in [3.8, 4) is 0 Å². The Hall–Kier alpha value is -1.36. The van der Waals surface area contributed by atoms with Crippen LogP contribution in [0.2, 0.25) is 0 Å². The van der Waals surface area contributed by atoms with Gasteiger partial charge in [0.25, 0.3) is 0 Å². The van der Waals surface area contributed by atoms with E-state index in [2.05, 4.69) is 47.9 Å². The van der Waals surface area contributed by atoms with Gasteiger partial charge in [0, 0.05) is 31.2 Å². The van der Waals surface area contributed by atoms with Crippen molar-refractivity contribution in [2.45, 2.75) is 39.3 Å². The summed E-state index contributed by atoms with van der Waals surface area (Å²) in [7, 11) is 1.99. The molecule has 1 unspecified atom stereocenters. The molecule has 0 saturated heterocycles. The van der Waals surface area contributed by atoms with Gasteiger partial charge in [0.2, 0.25) is 0 Å². The maximum atomic E-state index is 5.65. The molecule has 1 aromatic rings. The maximum Gasteiger partial charge on any atom is 0.134 e. The van der Waals surface area contributed by atoms with E-state index in [1.165, 1.54) is 0 Å². The average Bonchev–Trinajstić information content (AvgIpc) is 2.25. The first kappa shape index (κ1) is 13.7. The zero-order valence-electron chi connectivity index (χ0n) is 11.4. The van der Waals surface area contributed by atoms with Crippen LogP contribution >= 0.6 is 0 Å². The molecule has 0 amide bonds. The summed E-state index contributed by atoms with van der Waals surface area (Å²) in [5, 5.41) is 3.32. The van der Waals surface area contributed by atoms with Crippen molar-refractivity contribution in [3.63, 3.8) is 0 Å². The van der Waals surface area contributed by atoms with Crippen molar-refractivity contribution in [2.75, 3.05) is 23.8 Å². The third-order valence-electron chi connectivity index (χ3n) is 2.52. The summed E-state index contributed by atoms with van der Waals surface area (Å²) in [6.45, 7) is 8.96. The number of nitrogens with one attached hydrogen (secondary N) is 1. The summed E-state index contributed by atoms with van der Waals surface area (Å²) in [6.07, 6.45) is 1.57. The molecule has 0 spiro atoms. The minimum atomic E-state index is -0.0102. The lowest BCUT2D eigenvalue weighted by Crippen LogP contribution is -2.36. The predicted octanol–water partition coefficient (Wildman–Crippen LogP) is 1.47. The molecule has 0 saturated carbocycles. The van der Waals surface area contributed by atoms with Crippen LogP contribution in [-0.4, -0.2) is 35.1 Å². The molecule has 0 aliphatic carbocycles. The fourth-order valence-electron chi connectivity index (χ4n) is 1.38. The second-order valence-electron chi connectivity index (χ2n) is 5.33. The highest BCUT2D eigenvalue weighted by molar-refractivity contribution is 5.49. The summed E-state index contributed by atoms with van der Waals surface area (Å²) in [4.78, 5) is 10.5. The highest BCUT2D eigenvalue weighted by atomic mass is 15.2. The first-order valence-electron chi connectivity index (χ1n) is 5.86. The number of nitrogens with zero attached hydrogens (tertiary/aromatic N) is 3. The lowest BCUT2D eigenvalue weighted by Gasteiger charge is -2.26. The minimum absolute atomic E-state index is 0.0102. The standard InChI is InChI=1S/C12H23N5/c1-9(7-13)17(5)11-6-10(14-8-15-11)16-12(2,3)4/h6,8-9H,7,13H2,1-5H3,(H,14,15,16). The molecule has 3 N–H and O–H groups in total. The van der Waals surface area contributed by atoms with Crippen LogP contribution in [0.5, 0.6) is 0 Å². The molecule has 96 valence electrons. The van der Waals surface area contributed by atoms with Crippen molar-refractivity contribution in [1.29, 1.82) is 0 Å². The van der Waals surface area contributed by atoms with E-state index in [4.69, 9.17) is 5.73 Å². The Bertz CT molecular complexity index is 358. The van der Waals surface area contributed by atoms with Gasteiger partial charge in [-0.2, -0.15) is 0 Å². The van der Waals surface area contributed by atoms with Gasteiger partial charge in [-0.05, 0) is 27.7 Å². The van der Waals surface area contributed by atoms with E-state index in [0.717, 1.165) is 11.6 Å². The van der Waals surface area contributed by atoms with Crippen LogP contribution in [0, 0.1) is 0 Å². The number of hydrogen-bond donors (Lipinski definition) is 2. The van der Waals surface area contributed by atoms with Crippen LogP contribution < -0.4 is 16.0 Å². The van der Waals surface area contributed by atoms with Gasteiger partial charge in [-0.1, -0.05) is 0 Å². The zero-order chi connectivity index (χ0) is 13.1. The fourth-order valence-corrected chi connectivity index (χ4v) is 1.38. The van der Waals surface area contributed by atoms with Gasteiger partial charge < -0.3 is 16.0 Å². The molecule has 0 radical (unpaired) electrons. The number of rotatable bonds is 4. The van der Waals surface area contributed by atoms with Gasteiger partial charge in [0.1, 0.15) is 18.0 Å². The maximum absolute atomic E-state index is 5.65. The van der Waals surface area contributed by atoms with E-state index >= 15 is 0 Å². The van der Waals surface area contributed by atoms with E-state index in [0.29, 0.717) is 6.54 Å². The zero-order valence-corrected chi connectivity index (χ0v) is 11.4. The molecule has 1 atom stereocenters. The van der Waals surface area contributed by atoms with Crippen LogP contribution in [0.4, 0.5) is 11.6 Å². The monoisotopic (exact) mass is 237 g/mol. The first-order valence-corrected chi connectivity index (χ1v) is 5.86. The predicted molar refractivity (Wildman–Crippen MR) is 72.3 cm³/mol. The molecule has 1 heterocycles. The molecule has 5 heteroatoms. The largest absolute Gasteiger partial charge is 0.365 e. The van der Waals surface area contributed by atoms with Gasteiger partial charge in [-0.25, -0.2) is 9.97 Å². The van der Waals surface area contributed by atoms with Crippen molar-refractivity contribution in [2.24, 2.45) is 5.73 Å². The second-order valence-corrected chi connectivity index (χ2v) is 5.33. The lowest BCUT2D eigenvalue weighted by molar-refractivity contribution is 0.629. The summed E-state index contributed by atoms with van der Waals surface area (Å²) in [6, 6.07) is 2.20. The van der Waals surface area contributed by atoms with Crippen LogP contribution in [0.3, 0.4) is 0 Å². The number of anilines is 2. The SMILES string of the molecule is CC(CN)N(C)c1cc(NC(C)(C)C)ncn1. The molecule has 0 aliphatic heterocycles. The van der Waals surface area contributed by atoms with Crippen LogP contribution in [-0.2, 0) is 0 Å². The first-order chi connectivity index (χ1) is 7.83. The molecule has 0 bridgehead atoms. The highest BCUT2D eigenvalue weighted by Gasteiger charge is 2.13. The Morgan fingerprint density at radius 2 is 2.06 bits per heavy atom. The summed E-state index contributed by atoms with van der Waals surface area (Å²) in [5.41, 5.74) is 5.64. The fraction of sp³-hybridized carbons (Fsp3) is 0.667. The number of nitrogens with two attached hydrogens (primary N) is 1. The summed E-state index contributed by atoms with van der Waals surface area (Å²) >= 11 is 0. The van der Waals surface area contributed by atoms with Gasteiger partial charge in [0.15, 0.2) is 0 Å².